The summed E-state index contributed by atoms with van der Waals surface area (Å²) >= 11 is 0. The van der Waals surface area contributed by atoms with Gasteiger partial charge in [0.15, 0.2) is 0 Å². The topological polar surface area (TPSA) is 68.2 Å². The summed E-state index contributed by atoms with van der Waals surface area (Å²) in [5, 5.41) is 10.1. The molecule has 2 amide bonds. The van der Waals surface area contributed by atoms with Crippen LogP contribution >= 0.6 is 0 Å². The summed E-state index contributed by atoms with van der Waals surface area (Å²) in [7, 11) is 1.65. The standard InChI is InChI=1S/C13H24N4O2/c1-5-17-11(3)12(10(2)16-17)9-15-13(18)14-7-6-8-19-4/h5-9H2,1-4H3,(H2,14,15,18). The first-order valence-corrected chi connectivity index (χ1v) is 6.63. The molecule has 1 aromatic rings. The van der Waals surface area contributed by atoms with Crippen LogP contribution in [0.3, 0.4) is 0 Å². The highest BCUT2D eigenvalue weighted by molar-refractivity contribution is 5.73. The van der Waals surface area contributed by atoms with Crippen molar-refractivity contribution in [3.8, 4) is 0 Å². The Morgan fingerprint density at radius 3 is 2.68 bits per heavy atom. The zero-order chi connectivity index (χ0) is 14.3. The molecule has 108 valence electrons. The van der Waals surface area contributed by atoms with E-state index in [1.807, 2.05) is 18.5 Å². The molecule has 19 heavy (non-hydrogen) atoms. The summed E-state index contributed by atoms with van der Waals surface area (Å²) in [6.45, 7) is 8.67. The number of hydrogen-bond donors (Lipinski definition) is 2. The monoisotopic (exact) mass is 268 g/mol. The first-order valence-electron chi connectivity index (χ1n) is 6.63. The van der Waals surface area contributed by atoms with Crippen molar-refractivity contribution in [2.75, 3.05) is 20.3 Å². The van der Waals surface area contributed by atoms with Crippen molar-refractivity contribution >= 4 is 6.03 Å². The highest BCUT2D eigenvalue weighted by Crippen LogP contribution is 2.12. The third-order valence-corrected chi connectivity index (χ3v) is 3.07. The summed E-state index contributed by atoms with van der Waals surface area (Å²) < 4.78 is 6.86. The minimum atomic E-state index is -0.154. The van der Waals surface area contributed by atoms with Crippen LogP contribution < -0.4 is 10.6 Å². The van der Waals surface area contributed by atoms with Crippen LogP contribution in [0.1, 0.15) is 30.3 Å². The highest BCUT2D eigenvalue weighted by Gasteiger charge is 2.11. The lowest BCUT2D eigenvalue weighted by atomic mass is 10.2. The molecule has 0 unspecified atom stereocenters. The predicted octanol–water partition coefficient (Wildman–Crippen LogP) is 1.36. The lowest BCUT2D eigenvalue weighted by Gasteiger charge is -2.08. The van der Waals surface area contributed by atoms with Gasteiger partial charge in [-0.15, -0.1) is 0 Å². The van der Waals surface area contributed by atoms with E-state index < -0.39 is 0 Å². The third kappa shape index (κ3) is 4.55. The Labute approximate surface area is 114 Å². The average Bonchev–Trinajstić information content (AvgIpc) is 2.67. The number of urea groups is 1. The lowest BCUT2D eigenvalue weighted by molar-refractivity contribution is 0.193. The van der Waals surface area contributed by atoms with Crippen LogP contribution in [0.15, 0.2) is 0 Å². The van der Waals surface area contributed by atoms with Crippen LogP contribution in [-0.2, 0) is 17.8 Å². The lowest BCUT2D eigenvalue weighted by Crippen LogP contribution is -2.36. The fourth-order valence-electron chi connectivity index (χ4n) is 1.95. The molecule has 0 aliphatic carbocycles. The van der Waals surface area contributed by atoms with Gasteiger partial charge in [-0.3, -0.25) is 4.68 Å². The molecule has 0 aromatic carbocycles. The molecule has 0 aliphatic rings. The van der Waals surface area contributed by atoms with Gasteiger partial charge in [-0.1, -0.05) is 0 Å². The number of nitrogens with zero attached hydrogens (tertiary/aromatic N) is 2. The maximum Gasteiger partial charge on any atom is 0.315 e. The summed E-state index contributed by atoms with van der Waals surface area (Å²) in [5.74, 6) is 0. The Bertz CT molecular complexity index is 415. The van der Waals surface area contributed by atoms with Gasteiger partial charge in [-0.05, 0) is 27.2 Å². The van der Waals surface area contributed by atoms with Crippen LogP contribution in [0.4, 0.5) is 4.79 Å². The normalized spacial score (nSPS) is 10.5. The van der Waals surface area contributed by atoms with Gasteiger partial charge in [0, 0.05) is 44.6 Å². The van der Waals surface area contributed by atoms with Crippen molar-refractivity contribution in [3.05, 3.63) is 17.0 Å². The predicted molar refractivity (Wildman–Crippen MR) is 74.1 cm³/mol. The van der Waals surface area contributed by atoms with Gasteiger partial charge in [-0.2, -0.15) is 5.10 Å². The number of carbonyl (C=O) groups excluding carboxylic acids is 1. The number of nitrogens with one attached hydrogen (secondary N) is 2. The Morgan fingerprint density at radius 1 is 1.37 bits per heavy atom. The van der Waals surface area contributed by atoms with E-state index in [2.05, 4.69) is 22.7 Å². The molecule has 6 nitrogen and oxygen atoms in total. The largest absolute Gasteiger partial charge is 0.385 e. The van der Waals surface area contributed by atoms with E-state index >= 15 is 0 Å². The maximum absolute atomic E-state index is 11.6. The van der Waals surface area contributed by atoms with E-state index in [1.54, 1.807) is 7.11 Å². The van der Waals surface area contributed by atoms with E-state index in [1.165, 1.54) is 0 Å². The van der Waals surface area contributed by atoms with Gasteiger partial charge in [0.25, 0.3) is 0 Å². The fourth-order valence-corrected chi connectivity index (χ4v) is 1.95. The molecule has 0 bridgehead atoms. The minimum Gasteiger partial charge on any atom is -0.385 e. The molecule has 6 heteroatoms. The van der Waals surface area contributed by atoms with E-state index in [4.69, 9.17) is 4.74 Å². The molecule has 0 fully saturated rings. The Kier molecular flexibility index (Phi) is 6.35. The van der Waals surface area contributed by atoms with Crippen molar-refractivity contribution in [3.63, 3.8) is 0 Å². The summed E-state index contributed by atoms with van der Waals surface area (Å²) in [5.41, 5.74) is 3.17. The van der Waals surface area contributed by atoms with Crippen molar-refractivity contribution in [1.82, 2.24) is 20.4 Å². The second-order valence-corrected chi connectivity index (χ2v) is 4.42. The van der Waals surface area contributed by atoms with E-state index in [-0.39, 0.29) is 6.03 Å². The van der Waals surface area contributed by atoms with E-state index in [9.17, 15) is 4.79 Å². The molecule has 2 N–H and O–H groups in total. The van der Waals surface area contributed by atoms with Gasteiger partial charge >= 0.3 is 6.03 Å². The highest BCUT2D eigenvalue weighted by atomic mass is 16.5. The number of aromatic nitrogens is 2. The smallest absolute Gasteiger partial charge is 0.315 e. The van der Waals surface area contributed by atoms with Crippen LogP contribution in [0, 0.1) is 13.8 Å². The summed E-state index contributed by atoms with van der Waals surface area (Å²) in [4.78, 5) is 11.6. The molecule has 0 aliphatic heterocycles. The first-order chi connectivity index (χ1) is 9.10. The zero-order valence-electron chi connectivity index (χ0n) is 12.2. The average molecular weight is 268 g/mol. The third-order valence-electron chi connectivity index (χ3n) is 3.07. The molecule has 0 spiro atoms. The van der Waals surface area contributed by atoms with Crippen molar-refractivity contribution in [2.45, 2.75) is 40.3 Å². The van der Waals surface area contributed by atoms with Crippen LogP contribution in [-0.4, -0.2) is 36.1 Å². The SMILES string of the molecule is CCn1nc(C)c(CNC(=O)NCCCOC)c1C. The molecule has 0 saturated carbocycles. The molecule has 0 radical (unpaired) electrons. The van der Waals surface area contributed by atoms with Gasteiger partial charge in [0.1, 0.15) is 0 Å². The Morgan fingerprint density at radius 2 is 2.11 bits per heavy atom. The number of aryl methyl sites for hydroxylation is 2. The van der Waals surface area contributed by atoms with Crippen molar-refractivity contribution in [1.29, 1.82) is 0 Å². The summed E-state index contributed by atoms with van der Waals surface area (Å²) in [6, 6.07) is -0.154. The van der Waals surface area contributed by atoms with Gasteiger partial charge < -0.3 is 15.4 Å². The second-order valence-electron chi connectivity index (χ2n) is 4.42. The molecular weight excluding hydrogens is 244 g/mol. The number of carbonyl (C=O) groups is 1. The number of rotatable bonds is 7. The van der Waals surface area contributed by atoms with Crippen molar-refractivity contribution < 1.29 is 9.53 Å². The van der Waals surface area contributed by atoms with E-state index in [0.29, 0.717) is 19.7 Å². The number of methoxy groups -OCH3 is 1. The fraction of sp³-hybridized carbons (Fsp3) is 0.692. The molecule has 0 atom stereocenters. The van der Waals surface area contributed by atoms with E-state index in [0.717, 1.165) is 29.9 Å². The Hall–Kier alpha value is -1.56. The molecule has 0 saturated heterocycles. The molecule has 1 heterocycles. The van der Waals surface area contributed by atoms with Crippen LogP contribution in [0.25, 0.3) is 0 Å². The van der Waals surface area contributed by atoms with Crippen LogP contribution in [0.5, 0.6) is 0 Å². The van der Waals surface area contributed by atoms with Gasteiger partial charge in [-0.25, -0.2) is 4.79 Å². The quantitative estimate of drug-likeness (QED) is 0.734. The molecule has 1 rings (SSSR count). The zero-order valence-corrected chi connectivity index (χ0v) is 12.2. The van der Waals surface area contributed by atoms with Crippen LogP contribution in [0.2, 0.25) is 0 Å². The van der Waals surface area contributed by atoms with Gasteiger partial charge in [0.05, 0.1) is 5.69 Å². The minimum absolute atomic E-state index is 0.154. The van der Waals surface area contributed by atoms with Gasteiger partial charge in [0.2, 0.25) is 0 Å². The van der Waals surface area contributed by atoms with Crippen molar-refractivity contribution in [2.24, 2.45) is 0 Å². The Balaban J connectivity index is 2.40. The second kappa shape index (κ2) is 7.78. The molecular formula is C13H24N4O2. The summed E-state index contributed by atoms with van der Waals surface area (Å²) in [6.07, 6.45) is 0.815. The number of amides is 2. The number of hydrogen-bond acceptors (Lipinski definition) is 3. The molecule has 1 aromatic heterocycles. The number of ether oxygens (including phenoxy) is 1. The maximum atomic E-state index is 11.6. The first kappa shape index (κ1) is 15.5.